The van der Waals surface area contributed by atoms with Gasteiger partial charge in [-0.05, 0) is 54.2 Å². The average Bonchev–Trinajstić information content (AvgIpc) is 3.05. The van der Waals surface area contributed by atoms with Crippen LogP contribution in [0.25, 0.3) is 10.8 Å². The van der Waals surface area contributed by atoms with E-state index < -0.39 is 60.3 Å². The molecule has 3 rings (SSSR count). The van der Waals surface area contributed by atoms with Gasteiger partial charge in [0, 0.05) is 32.1 Å². The van der Waals surface area contributed by atoms with Crippen LogP contribution < -0.4 is 27.0 Å². The van der Waals surface area contributed by atoms with Crippen LogP contribution in [0.4, 0.5) is 4.79 Å². The lowest BCUT2D eigenvalue weighted by Gasteiger charge is -2.20. The van der Waals surface area contributed by atoms with Gasteiger partial charge in [0.25, 0.3) is 5.91 Å². The highest BCUT2D eigenvalue weighted by atomic mass is 16.4. The molecule has 1 heterocycles. The largest absolute Gasteiger partial charge is 0.481 e. The van der Waals surface area contributed by atoms with E-state index in [0.29, 0.717) is 12.1 Å². The van der Waals surface area contributed by atoms with Crippen LogP contribution >= 0.6 is 0 Å². The van der Waals surface area contributed by atoms with Gasteiger partial charge in [0.05, 0.1) is 11.3 Å². The van der Waals surface area contributed by atoms with Crippen LogP contribution in [-0.4, -0.2) is 80.7 Å². The number of carboxylic acids is 3. The summed E-state index contributed by atoms with van der Waals surface area (Å²) in [5, 5.41) is 39.3. The molecule has 4 amide bonds. The van der Waals surface area contributed by atoms with Gasteiger partial charge in [-0.2, -0.15) is 0 Å². The Kier molecular flexibility index (Phi) is 13.6. The zero-order valence-electron chi connectivity index (χ0n) is 25.5. The van der Waals surface area contributed by atoms with Gasteiger partial charge in [0.15, 0.2) is 0 Å². The molecule has 2 aromatic carbocycles. The summed E-state index contributed by atoms with van der Waals surface area (Å²) in [6, 6.07) is 11.8. The number of aliphatic carboxylic acids is 3. The number of nitrogens with zero attached hydrogens (tertiary/aromatic N) is 1. The maximum absolute atomic E-state index is 13.3. The summed E-state index contributed by atoms with van der Waals surface area (Å²) in [4.78, 5) is 76.4. The number of hydrogen-bond donors (Lipinski definition) is 8. The van der Waals surface area contributed by atoms with Gasteiger partial charge >= 0.3 is 23.9 Å². The number of hydrogen-bond acceptors (Lipinski definition) is 8. The number of urea groups is 1. The summed E-state index contributed by atoms with van der Waals surface area (Å²) in [6.07, 6.45) is 1.26. The number of carbonyl (C=O) groups excluding carboxylic acids is 3. The third-order valence-corrected chi connectivity index (χ3v) is 7.24. The molecule has 0 saturated carbocycles. The Bertz CT molecular complexity index is 1580. The number of carboxylic acid groups (broad SMARTS) is 3. The Hall–Kier alpha value is -5.57. The summed E-state index contributed by atoms with van der Waals surface area (Å²) < 4.78 is 0. The molecule has 250 valence electrons. The minimum Gasteiger partial charge on any atom is -0.481 e. The van der Waals surface area contributed by atoms with Crippen LogP contribution in [0.1, 0.15) is 53.7 Å². The monoisotopic (exact) mass is 650 g/mol. The number of benzene rings is 2. The van der Waals surface area contributed by atoms with Crippen molar-refractivity contribution in [2.24, 2.45) is 5.73 Å². The zero-order valence-corrected chi connectivity index (χ0v) is 25.5. The fourth-order valence-corrected chi connectivity index (χ4v) is 4.68. The van der Waals surface area contributed by atoms with E-state index >= 15 is 0 Å². The molecule has 1 aromatic heterocycles. The van der Waals surface area contributed by atoms with Crippen molar-refractivity contribution in [1.82, 2.24) is 26.3 Å². The molecule has 0 bridgehead atoms. The van der Waals surface area contributed by atoms with Crippen molar-refractivity contribution >= 4 is 46.5 Å². The molecule has 47 heavy (non-hydrogen) atoms. The molecule has 3 atom stereocenters. The fourth-order valence-electron chi connectivity index (χ4n) is 4.68. The molecule has 15 nitrogen and oxygen atoms in total. The molecule has 0 fully saturated rings. The van der Waals surface area contributed by atoms with Crippen molar-refractivity contribution in [2.75, 3.05) is 6.54 Å². The van der Waals surface area contributed by atoms with Gasteiger partial charge < -0.3 is 42.3 Å². The van der Waals surface area contributed by atoms with Crippen molar-refractivity contribution < 1.29 is 44.1 Å². The lowest BCUT2D eigenvalue weighted by molar-refractivity contribution is -0.140. The predicted octanol–water partition coefficient (Wildman–Crippen LogP) is 1.39. The first-order chi connectivity index (χ1) is 22.5. The maximum atomic E-state index is 13.3. The number of amides is 4. The van der Waals surface area contributed by atoms with Crippen molar-refractivity contribution in [3.05, 3.63) is 77.6 Å². The van der Waals surface area contributed by atoms with Crippen LogP contribution in [-0.2, 0) is 32.1 Å². The Balaban J connectivity index is 1.57. The van der Waals surface area contributed by atoms with Gasteiger partial charge in [-0.3, -0.25) is 19.4 Å². The first-order valence-electron chi connectivity index (χ1n) is 14.9. The Morgan fingerprint density at radius 1 is 0.766 bits per heavy atom. The summed E-state index contributed by atoms with van der Waals surface area (Å²) >= 11 is 0. The second kappa shape index (κ2) is 17.8. The van der Waals surface area contributed by atoms with Crippen molar-refractivity contribution in [3.8, 4) is 0 Å². The van der Waals surface area contributed by atoms with Gasteiger partial charge in [-0.1, -0.05) is 42.5 Å². The number of nitrogens with two attached hydrogens (primary N) is 1. The highest BCUT2D eigenvalue weighted by Gasteiger charge is 2.25. The van der Waals surface area contributed by atoms with Crippen LogP contribution in [0.5, 0.6) is 0 Å². The molecule has 0 aliphatic carbocycles. The molecule has 0 radical (unpaired) electrons. The molecule has 9 N–H and O–H groups in total. The number of pyridine rings is 1. The van der Waals surface area contributed by atoms with E-state index in [4.69, 9.17) is 10.8 Å². The van der Waals surface area contributed by atoms with Crippen LogP contribution in [0.3, 0.4) is 0 Å². The lowest BCUT2D eigenvalue weighted by Crippen LogP contribution is -2.51. The maximum Gasteiger partial charge on any atom is 0.326 e. The van der Waals surface area contributed by atoms with Crippen molar-refractivity contribution in [3.63, 3.8) is 0 Å². The first kappa shape index (κ1) is 35.9. The normalized spacial score (nSPS) is 12.7. The molecule has 0 aliphatic heterocycles. The van der Waals surface area contributed by atoms with Gasteiger partial charge in [-0.15, -0.1) is 0 Å². The van der Waals surface area contributed by atoms with Crippen molar-refractivity contribution in [2.45, 2.75) is 63.2 Å². The minimum absolute atomic E-state index is 0.0332. The number of nitrogens with one attached hydrogen (secondary N) is 4. The Labute approximate surface area is 269 Å². The van der Waals surface area contributed by atoms with E-state index in [1.807, 2.05) is 42.5 Å². The lowest BCUT2D eigenvalue weighted by atomic mass is 10.0. The van der Waals surface area contributed by atoms with Crippen LogP contribution in [0, 0.1) is 0 Å². The Morgan fingerprint density at radius 2 is 1.45 bits per heavy atom. The number of aromatic nitrogens is 1. The third-order valence-electron chi connectivity index (χ3n) is 7.24. The fraction of sp³-hybridized carbons (Fsp3) is 0.344. The summed E-state index contributed by atoms with van der Waals surface area (Å²) in [5.74, 6) is -5.00. The summed E-state index contributed by atoms with van der Waals surface area (Å²) in [6.45, 7) is 0.357. The third kappa shape index (κ3) is 11.7. The smallest absolute Gasteiger partial charge is 0.326 e. The predicted molar refractivity (Wildman–Crippen MR) is 169 cm³/mol. The standard InChI is InChI=1S/C32H38N6O9/c33-17-23-11-10-22(18-35-23)28(41)36-26(16-19-8-9-20-5-1-2-6-21(20)15-19)29(42)34-14-4-3-7-24(30(43)44)37-32(47)38-25(31(45)46)12-13-27(39)40/h1-2,5-6,8-11,15,18,24-26H,3-4,7,12-14,16-17,33H2,(H,34,42)(H,36,41)(H,39,40)(H,43,44)(H,45,46)(H2,37,38,47)/t24-,25-,26-/m0/s1. The molecule has 0 spiro atoms. The van der Waals surface area contributed by atoms with E-state index in [1.165, 1.54) is 6.20 Å². The van der Waals surface area contributed by atoms with Gasteiger partial charge in [0.2, 0.25) is 5.91 Å². The molecular weight excluding hydrogens is 612 g/mol. The average molecular weight is 651 g/mol. The number of unbranched alkanes of at least 4 members (excludes halogenated alkanes) is 1. The molecular formula is C32H38N6O9. The highest BCUT2D eigenvalue weighted by Crippen LogP contribution is 2.17. The zero-order chi connectivity index (χ0) is 34.3. The van der Waals surface area contributed by atoms with Crippen LogP contribution in [0.2, 0.25) is 0 Å². The Morgan fingerprint density at radius 3 is 2.06 bits per heavy atom. The molecule has 3 aromatic rings. The quantitative estimate of drug-likeness (QED) is 0.0913. The number of rotatable bonds is 18. The topological polar surface area (TPSA) is 250 Å². The van der Waals surface area contributed by atoms with Gasteiger partial charge in [-0.25, -0.2) is 14.4 Å². The molecule has 0 unspecified atom stereocenters. The van der Waals surface area contributed by atoms with E-state index in [0.717, 1.165) is 16.3 Å². The highest BCUT2D eigenvalue weighted by molar-refractivity contribution is 5.97. The van der Waals surface area contributed by atoms with Gasteiger partial charge in [0.1, 0.15) is 18.1 Å². The number of fused-ring (bicyclic) bond motifs is 1. The van der Waals surface area contributed by atoms with E-state index in [2.05, 4.69) is 26.3 Å². The van der Waals surface area contributed by atoms with E-state index in [-0.39, 0.29) is 44.3 Å². The van der Waals surface area contributed by atoms with E-state index in [9.17, 15) is 39.0 Å². The molecule has 0 saturated heterocycles. The second-order valence-corrected chi connectivity index (χ2v) is 10.8. The SMILES string of the molecule is NCc1ccc(C(=O)N[C@@H](Cc2ccc3ccccc3c2)C(=O)NCCCC[C@H](NC(=O)N[C@@H](CCC(=O)O)C(=O)O)C(=O)O)cn1. The van der Waals surface area contributed by atoms with Crippen molar-refractivity contribution in [1.29, 1.82) is 0 Å². The minimum atomic E-state index is -1.51. The first-order valence-corrected chi connectivity index (χ1v) is 14.9. The summed E-state index contributed by atoms with van der Waals surface area (Å²) in [5.41, 5.74) is 7.27. The number of carbonyl (C=O) groups is 6. The van der Waals surface area contributed by atoms with E-state index in [1.54, 1.807) is 12.1 Å². The van der Waals surface area contributed by atoms with Crippen LogP contribution in [0.15, 0.2) is 60.8 Å². The second-order valence-electron chi connectivity index (χ2n) is 10.8. The molecule has 0 aliphatic rings. The summed E-state index contributed by atoms with van der Waals surface area (Å²) in [7, 11) is 0. The molecule has 15 heteroatoms.